The lowest BCUT2D eigenvalue weighted by Crippen LogP contribution is -2.44. The van der Waals surface area contributed by atoms with Crippen molar-refractivity contribution in [3.63, 3.8) is 0 Å². The predicted molar refractivity (Wildman–Crippen MR) is 73.3 cm³/mol. The Hall–Kier alpha value is -2.04. The number of hydrogen-bond acceptors (Lipinski definition) is 4. The van der Waals surface area contributed by atoms with E-state index < -0.39 is 0 Å². The molecule has 1 aliphatic heterocycles. The molecule has 1 fully saturated rings. The third kappa shape index (κ3) is 3.73. The molecule has 0 aromatic heterocycles. The number of likely N-dealkylation sites (tertiary alicyclic amines) is 1. The normalized spacial score (nSPS) is 18.4. The molecule has 0 N–H and O–H groups in total. The first-order chi connectivity index (χ1) is 9.70. The summed E-state index contributed by atoms with van der Waals surface area (Å²) in [5.41, 5.74) is 0. The molecule has 1 saturated heterocycles. The van der Waals surface area contributed by atoms with E-state index in [0.29, 0.717) is 18.8 Å². The molecule has 0 saturated carbocycles. The van der Waals surface area contributed by atoms with E-state index in [9.17, 15) is 9.59 Å². The third-order valence-electron chi connectivity index (χ3n) is 3.41. The van der Waals surface area contributed by atoms with E-state index in [1.54, 1.807) is 17.0 Å². The van der Waals surface area contributed by atoms with Gasteiger partial charge >= 0.3 is 5.97 Å². The summed E-state index contributed by atoms with van der Waals surface area (Å²) in [6.45, 7) is 1.09. The van der Waals surface area contributed by atoms with Gasteiger partial charge in [-0.2, -0.15) is 0 Å². The number of piperidine rings is 1. The van der Waals surface area contributed by atoms with Crippen LogP contribution >= 0.6 is 0 Å². The van der Waals surface area contributed by atoms with Crippen LogP contribution in [0.2, 0.25) is 0 Å². The van der Waals surface area contributed by atoms with E-state index in [0.717, 1.165) is 12.8 Å². The Morgan fingerprint density at radius 1 is 1.30 bits per heavy atom. The van der Waals surface area contributed by atoms with E-state index >= 15 is 0 Å². The van der Waals surface area contributed by atoms with Crippen LogP contribution in [0.5, 0.6) is 5.75 Å². The molecule has 0 unspecified atom stereocenters. The summed E-state index contributed by atoms with van der Waals surface area (Å²) in [6.07, 6.45) is 1.59. The molecule has 1 aromatic carbocycles. The quantitative estimate of drug-likeness (QED) is 0.782. The topological polar surface area (TPSA) is 55.8 Å². The molecule has 0 radical (unpaired) electrons. The molecule has 0 spiro atoms. The number of rotatable bonds is 4. The second kappa shape index (κ2) is 6.93. The lowest BCUT2D eigenvalue weighted by atomic mass is 9.98. The number of hydrogen-bond donors (Lipinski definition) is 0. The predicted octanol–water partition coefficient (Wildman–Crippen LogP) is 1.48. The lowest BCUT2D eigenvalue weighted by Gasteiger charge is -2.31. The van der Waals surface area contributed by atoms with Crippen molar-refractivity contribution in [1.29, 1.82) is 0 Å². The van der Waals surface area contributed by atoms with Gasteiger partial charge in [0.05, 0.1) is 13.0 Å². The molecule has 0 aliphatic carbocycles. The third-order valence-corrected chi connectivity index (χ3v) is 3.41. The second-order valence-electron chi connectivity index (χ2n) is 4.80. The van der Waals surface area contributed by atoms with Gasteiger partial charge in [0.1, 0.15) is 5.75 Å². The molecule has 20 heavy (non-hydrogen) atoms. The maximum absolute atomic E-state index is 12.1. The highest BCUT2D eigenvalue weighted by Crippen LogP contribution is 2.18. The summed E-state index contributed by atoms with van der Waals surface area (Å²) in [5.74, 6) is 0.116. The van der Waals surface area contributed by atoms with Gasteiger partial charge in [-0.25, -0.2) is 0 Å². The number of methoxy groups -OCH3 is 1. The molecular formula is C15H19NO4. The van der Waals surface area contributed by atoms with Crippen LogP contribution in [-0.4, -0.2) is 43.6 Å². The number of esters is 1. The molecule has 108 valence electrons. The first-order valence-electron chi connectivity index (χ1n) is 6.74. The van der Waals surface area contributed by atoms with Crippen molar-refractivity contribution in [2.24, 2.45) is 5.92 Å². The first kappa shape index (κ1) is 14.4. The monoisotopic (exact) mass is 277 g/mol. The number of nitrogens with zero attached hydrogens (tertiary/aromatic N) is 1. The molecule has 0 bridgehead atoms. The SMILES string of the molecule is COC(=O)[C@H]1CCCN(C(=O)COc2ccccc2)C1. The Morgan fingerprint density at radius 3 is 2.75 bits per heavy atom. The van der Waals surface area contributed by atoms with Crippen molar-refractivity contribution in [2.75, 3.05) is 26.8 Å². The maximum Gasteiger partial charge on any atom is 0.310 e. The van der Waals surface area contributed by atoms with Gasteiger partial charge in [-0.1, -0.05) is 18.2 Å². The maximum atomic E-state index is 12.1. The number of ether oxygens (including phenoxy) is 2. The van der Waals surface area contributed by atoms with Crippen LogP contribution in [0.25, 0.3) is 0 Å². The van der Waals surface area contributed by atoms with E-state index in [2.05, 4.69) is 0 Å². The zero-order valence-electron chi connectivity index (χ0n) is 11.6. The van der Waals surface area contributed by atoms with E-state index in [1.807, 2.05) is 18.2 Å². The summed E-state index contributed by atoms with van der Waals surface area (Å²) in [4.78, 5) is 25.3. The number of amides is 1. The van der Waals surface area contributed by atoms with Crippen LogP contribution in [0.1, 0.15) is 12.8 Å². The average molecular weight is 277 g/mol. The smallest absolute Gasteiger partial charge is 0.310 e. The van der Waals surface area contributed by atoms with Crippen LogP contribution in [0.4, 0.5) is 0 Å². The summed E-state index contributed by atoms with van der Waals surface area (Å²) in [7, 11) is 1.38. The van der Waals surface area contributed by atoms with Gasteiger partial charge in [0.15, 0.2) is 6.61 Å². The summed E-state index contributed by atoms with van der Waals surface area (Å²) in [6, 6.07) is 9.21. The molecule has 1 aliphatic rings. The largest absolute Gasteiger partial charge is 0.484 e. The minimum Gasteiger partial charge on any atom is -0.484 e. The molecule has 5 nitrogen and oxygen atoms in total. The van der Waals surface area contributed by atoms with Gasteiger partial charge in [0.2, 0.25) is 0 Å². The van der Waals surface area contributed by atoms with Crippen molar-refractivity contribution in [3.8, 4) is 5.75 Å². The van der Waals surface area contributed by atoms with Crippen molar-refractivity contribution in [2.45, 2.75) is 12.8 Å². The summed E-state index contributed by atoms with van der Waals surface area (Å²) >= 11 is 0. The fourth-order valence-electron chi connectivity index (χ4n) is 2.32. The highest BCUT2D eigenvalue weighted by molar-refractivity contribution is 5.79. The zero-order valence-corrected chi connectivity index (χ0v) is 11.6. The van der Waals surface area contributed by atoms with Gasteiger partial charge in [-0.3, -0.25) is 9.59 Å². The summed E-state index contributed by atoms with van der Waals surface area (Å²) < 4.78 is 10.2. The van der Waals surface area contributed by atoms with Crippen LogP contribution in [0.15, 0.2) is 30.3 Å². The minimum atomic E-state index is -0.244. The standard InChI is InChI=1S/C15H19NO4/c1-19-15(18)12-6-5-9-16(10-12)14(17)11-20-13-7-3-2-4-8-13/h2-4,7-8,12H,5-6,9-11H2,1H3/t12-/m0/s1. The van der Waals surface area contributed by atoms with E-state index in [4.69, 9.17) is 9.47 Å². The minimum absolute atomic E-state index is 0.00208. The first-order valence-corrected chi connectivity index (χ1v) is 6.74. The van der Waals surface area contributed by atoms with Gasteiger partial charge in [-0.05, 0) is 25.0 Å². The van der Waals surface area contributed by atoms with Crippen LogP contribution in [0, 0.1) is 5.92 Å². The number of carbonyl (C=O) groups is 2. The van der Waals surface area contributed by atoms with E-state index in [-0.39, 0.29) is 24.4 Å². The highest BCUT2D eigenvalue weighted by atomic mass is 16.5. The van der Waals surface area contributed by atoms with Crippen molar-refractivity contribution in [3.05, 3.63) is 30.3 Å². The molecule has 2 rings (SSSR count). The highest BCUT2D eigenvalue weighted by Gasteiger charge is 2.29. The summed E-state index contributed by atoms with van der Waals surface area (Å²) in [5, 5.41) is 0. The van der Waals surface area contributed by atoms with Gasteiger partial charge in [0, 0.05) is 13.1 Å². The number of para-hydroxylation sites is 1. The average Bonchev–Trinajstić information content (AvgIpc) is 2.53. The van der Waals surface area contributed by atoms with Gasteiger partial charge in [-0.15, -0.1) is 0 Å². The Morgan fingerprint density at radius 2 is 2.05 bits per heavy atom. The van der Waals surface area contributed by atoms with Crippen LogP contribution in [0.3, 0.4) is 0 Å². The van der Waals surface area contributed by atoms with Crippen LogP contribution < -0.4 is 4.74 Å². The second-order valence-corrected chi connectivity index (χ2v) is 4.80. The van der Waals surface area contributed by atoms with Crippen molar-refractivity contribution in [1.82, 2.24) is 4.90 Å². The molecule has 1 atom stereocenters. The number of carbonyl (C=O) groups excluding carboxylic acids is 2. The Balaban J connectivity index is 1.84. The molecule has 1 heterocycles. The van der Waals surface area contributed by atoms with Crippen molar-refractivity contribution >= 4 is 11.9 Å². The van der Waals surface area contributed by atoms with Gasteiger partial charge in [0.25, 0.3) is 5.91 Å². The molecule has 1 amide bonds. The zero-order chi connectivity index (χ0) is 14.4. The number of benzene rings is 1. The Labute approximate surface area is 118 Å². The Bertz CT molecular complexity index is 460. The lowest BCUT2D eigenvalue weighted by molar-refractivity contribution is -0.149. The molecule has 5 heteroatoms. The van der Waals surface area contributed by atoms with Crippen LogP contribution in [-0.2, 0) is 14.3 Å². The van der Waals surface area contributed by atoms with E-state index in [1.165, 1.54) is 7.11 Å². The Kier molecular flexibility index (Phi) is 4.98. The fourth-order valence-corrected chi connectivity index (χ4v) is 2.32. The van der Waals surface area contributed by atoms with Crippen molar-refractivity contribution < 1.29 is 19.1 Å². The van der Waals surface area contributed by atoms with Gasteiger partial charge < -0.3 is 14.4 Å². The fraction of sp³-hybridized carbons (Fsp3) is 0.467. The molecular weight excluding hydrogens is 258 g/mol. The molecule has 1 aromatic rings.